The lowest BCUT2D eigenvalue weighted by molar-refractivity contribution is -0.176. The van der Waals surface area contributed by atoms with Gasteiger partial charge in [-0.1, -0.05) is 13.3 Å². The van der Waals surface area contributed by atoms with Gasteiger partial charge in [0.1, 0.15) is 6.23 Å². The maximum absolute atomic E-state index is 11.5. The average Bonchev–Trinajstić information content (AvgIpc) is 1.85. The van der Waals surface area contributed by atoms with Crippen LogP contribution in [0.4, 0.5) is 13.2 Å². The van der Waals surface area contributed by atoms with E-state index in [1.54, 1.807) is 6.92 Å². The Kier molecular flexibility index (Phi) is 4.02. The summed E-state index contributed by atoms with van der Waals surface area (Å²) in [6, 6.07) is 0. The molecular formula is C6H10F3NO2. The molecule has 12 heavy (non-hydrogen) atoms. The van der Waals surface area contributed by atoms with Crippen LogP contribution in [0.25, 0.3) is 0 Å². The predicted octanol–water partition coefficient (Wildman–Crippen LogP) is 0.783. The number of rotatable bonds is 3. The molecule has 2 N–H and O–H groups in total. The fourth-order valence-corrected chi connectivity index (χ4v) is 0.579. The first kappa shape index (κ1) is 11.2. The molecule has 6 heteroatoms. The van der Waals surface area contributed by atoms with E-state index >= 15 is 0 Å². The van der Waals surface area contributed by atoms with E-state index in [-0.39, 0.29) is 6.42 Å². The first-order valence-electron chi connectivity index (χ1n) is 3.43. The number of aliphatic hydroxyl groups excluding tert-OH is 1. The zero-order valence-corrected chi connectivity index (χ0v) is 6.48. The Hall–Kier alpha value is -0.780. The molecule has 0 saturated heterocycles. The summed E-state index contributed by atoms with van der Waals surface area (Å²) < 4.78 is 34.6. The Morgan fingerprint density at radius 2 is 2.08 bits per heavy atom. The third kappa shape index (κ3) is 4.17. The Morgan fingerprint density at radius 1 is 1.58 bits per heavy atom. The summed E-state index contributed by atoms with van der Waals surface area (Å²) in [7, 11) is 0. The fraction of sp³-hybridized carbons (Fsp3) is 0.833. The molecule has 1 amide bonds. The smallest absolute Gasteiger partial charge is 0.374 e. The zero-order valence-electron chi connectivity index (χ0n) is 6.48. The quantitative estimate of drug-likeness (QED) is 0.638. The Morgan fingerprint density at radius 3 is 2.42 bits per heavy atom. The molecule has 0 heterocycles. The molecule has 1 atom stereocenters. The fourth-order valence-electron chi connectivity index (χ4n) is 0.579. The molecule has 0 fully saturated rings. The van der Waals surface area contributed by atoms with Gasteiger partial charge in [0, 0.05) is 0 Å². The molecule has 3 nitrogen and oxygen atoms in total. The number of hydrogen-bond donors (Lipinski definition) is 2. The molecule has 0 rings (SSSR count). The second kappa shape index (κ2) is 4.30. The van der Waals surface area contributed by atoms with Crippen LogP contribution in [0.2, 0.25) is 0 Å². The summed E-state index contributed by atoms with van der Waals surface area (Å²) in [5.41, 5.74) is 0. The summed E-state index contributed by atoms with van der Waals surface area (Å²) in [6.45, 7) is 1.68. The van der Waals surface area contributed by atoms with Crippen molar-refractivity contribution < 1.29 is 23.1 Å². The summed E-state index contributed by atoms with van der Waals surface area (Å²) in [5, 5.41) is 10.2. The molecule has 72 valence electrons. The molecular weight excluding hydrogens is 175 g/mol. The number of alkyl halides is 3. The van der Waals surface area contributed by atoms with Crippen molar-refractivity contribution in [2.24, 2.45) is 0 Å². The van der Waals surface area contributed by atoms with Gasteiger partial charge in [-0.15, -0.1) is 0 Å². The van der Waals surface area contributed by atoms with Gasteiger partial charge < -0.3 is 10.4 Å². The second-order valence-electron chi connectivity index (χ2n) is 2.28. The Balaban J connectivity index is 3.85. The second-order valence-corrected chi connectivity index (χ2v) is 2.28. The maximum atomic E-state index is 11.5. The van der Waals surface area contributed by atoms with Crippen LogP contribution in [0.3, 0.4) is 0 Å². The normalized spacial score (nSPS) is 14.1. The summed E-state index contributed by atoms with van der Waals surface area (Å²) in [5.74, 6) is -2.11. The average molecular weight is 185 g/mol. The molecule has 1 unspecified atom stereocenters. The Bertz CT molecular complexity index is 157. The lowest BCUT2D eigenvalue weighted by Crippen LogP contribution is -2.42. The van der Waals surface area contributed by atoms with E-state index in [4.69, 9.17) is 5.11 Å². The van der Waals surface area contributed by atoms with Gasteiger partial charge in [0.15, 0.2) is 0 Å². The van der Waals surface area contributed by atoms with Crippen molar-refractivity contribution in [3.05, 3.63) is 0 Å². The van der Waals surface area contributed by atoms with Gasteiger partial charge in [-0.25, -0.2) is 0 Å². The van der Waals surface area contributed by atoms with Gasteiger partial charge in [-0.3, -0.25) is 4.79 Å². The summed E-state index contributed by atoms with van der Waals surface area (Å²) >= 11 is 0. The molecule has 0 aromatic carbocycles. The monoisotopic (exact) mass is 185 g/mol. The van der Waals surface area contributed by atoms with Crippen LogP contribution in [0.1, 0.15) is 19.8 Å². The van der Waals surface area contributed by atoms with E-state index in [1.165, 1.54) is 5.32 Å². The number of hydrogen-bond acceptors (Lipinski definition) is 2. The van der Waals surface area contributed by atoms with E-state index in [9.17, 15) is 18.0 Å². The van der Waals surface area contributed by atoms with Gasteiger partial charge in [0.25, 0.3) is 0 Å². The summed E-state index contributed by atoms with van der Waals surface area (Å²) in [6.07, 6.45) is -5.72. The highest BCUT2D eigenvalue weighted by Gasteiger charge is 2.39. The minimum atomic E-state index is -4.92. The van der Waals surface area contributed by atoms with Gasteiger partial charge in [0.05, 0.1) is 0 Å². The molecule has 0 aromatic heterocycles. The van der Waals surface area contributed by atoms with Crippen LogP contribution < -0.4 is 5.32 Å². The Labute approximate surface area is 67.6 Å². The molecule has 0 spiro atoms. The van der Waals surface area contributed by atoms with Crippen LogP contribution >= 0.6 is 0 Å². The third-order valence-corrected chi connectivity index (χ3v) is 1.12. The highest BCUT2D eigenvalue weighted by molar-refractivity contribution is 5.81. The number of carbonyl (C=O) groups is 1. The van der Waals surface area contributed by atoms with E-state index in [2.05, 4.69) is 0 Å². The zero-order chi connectivity index (χ0) is 9.78. The standard InChI is InChI=1S/C6H10F3NO2/c1-2-3-4(11)10-5(12)6(7,8)9/h4,11H,2-3H2,1H3,(H,10,12). The minimum Gasteiger partial charge on any atom is -0.374 e. The first-order valence-corrected chi connectivity index (χ1v) is 3.43. The van der Waals surface area contributed by atoms with Crippen molar-refractivity contribution in [2.75, 3.05) is 0 Å². The van der Waals surface area contributed by atoms with E-state index < -0.39 is 18.3 Å². The predicted molar refractivity (Wildman–Crippen MR) is 35.1 cm³/mol. The first-order chi connectivity index (χ1) is 5.38. The minimum absolute atomic E-state index is 0.113. The van der Waals surface area contributed by atoms with Crippen LogP contribution in [0.15, 0.2) is 0 Å². The van der Waals surface area contributed by atoms with Gasteiger partial charge in [-0.2, -0.15) is 13.2 Å². The van der Waals surface area contributed by atoms with E-state index in [0.717, 1.165) is 0 Å². The molecule has 0 aromatic rings. The highest BCUT2D eigenvalue weighted by atomic mass is 19.4. The number of aliphatic hydroxyl groups is 1. The number of nitrogens with one attached hydrogen (secondary N) is 1. The largest absolute Gasteiger partial charge is 0.471 e. The molecule has 0 aliphatic rings. The number of halogens is 3. The third-order valence-electron chi connectivity index (χ3n) is 1.12. The van der Waals surface area contributed by atoms with Crippen LogP contribution in [0, 0.1) is 0 Å². The lowest BCUT2D eigenvalue weighted by Gasteiger charge is -2.12. The van der Waals surface area contributed by atoms with Crippen LogP contribution in [-0.4, -0.2) is 23.4 Å². The van der Waals surface area contributed by atoms with Gasteiger partial charge in [-0.05, 0) is 6.42 Å². The molecule has 0 aliphatic heterocycles. The van der Waals surface area contributed by atoms with E-state index in [0.29, 0.717) is 6.42 Å². The molecule has 0 aliphatic carbocycles. The number of carbonyl (C=O) groups excluding carboxylic acids is 1. The lowest BCUT2D eigenvalue weighted by atomic mass is 10.3. The SMILES string of the molecule is CCCC(O)NC(=O)C(F)(F)F. The van der Waals surface area contributed by atoms with Crippen molar-refractivity contribution in [1.29, 1.82) is 0 Å². The van der Waals surface area contributed by atoms with Crippen molar-refractivity contribution >= 4 is 5.91 Å². The van der Waals surface area contributed by atoms with Crippen molar-refractivity contribution in [2.45, 2.75) is 32.2 Å². The topological polar surface area (TPSA) is 49.3 Å². The summed E-state index contributed by atoms with van der Waals surface area (Å²) in [4.78, 5) is 10.2. The number of amides is 1. The van der Waals surface area contributed by atoms with Crippen molar-refractivity contribution in [3.8, 4) is 0 Å². The van der Waals surface area contributed by atoms with Gasteiger partial charge in [0.2, 0.25) is 0 Å². The van der Waals surface area contributed by atoms with Gasteiger partial charge >= 0.3 is 12.1 Å². The maximum Gasteiger partial charge on any atom is 0.471 e. The van der Waals surface area contributed by atoms with E-state index in [1.807, 2.05) is 0 Å². The van der Waals surface area contributed by atoms with Crippen molar-refractivity contribution in [3.63, 3.8) is 0 Å². The van der Waals surface area contributed by atoms with Crippen LogP contribution in [-0.2, 0) is 4.79 Å². The highest BCUT2D eigenvalue weighted by Crippen LogP contribution is 2.14. The molecule has 0 bridgehead atoms. The molecule has 0 saturated carbocycles. The van der Waals surface area contributed by atoms with Crippen LogP contribution in [0.5, 0.6) is 0 Å². The van der Waals surface area contributed by atoms with Crippen molar-refractivity contribution in [1.82, 2.24) is 5.32 Å². The molecule has 0 radical (unpaired) electrons.